The molecule has 2 N–H and O–H groups in total. The summed E-state index contributed by atoms with van der Waals surface area (Å²) >= 11 is 3.61. The lowest BCUT2D eigenvalue weighted by Gasteiger charge is -2.37. The zero-order valence-corrected chi connectivity index (χ0v) is 12.8. The minimum atomic E-state index is 0.343. The second-order valence-corrected chi connectivity index (χ2v) is 5.95. The Balaban J connectivity index is 2.14. The monoisotopic (exact) mass is 311 g/mol. The topological polar surface area (TPSA) is 32.5 Å². The lowest BCUT2D eigenvalue weighted by Crippen LogP contribution is -2.47. The number of hydrogen-bond donors (Lipinski definition) is 1. The van der Waals surface area contributed by atoms with Gasteiger partial charge in [0.1, 0.15) is 0 Å². The number of benzene rings is 1. The first kappa shape index (κ1) is 14.0. The third-order valence-electron chi connectivity index (χ3n) is 3.78. The number of piperazine rings is 1. The van der Waals surface area contributed by atoms with Crippen LogP contribution in [0.1, 0.15) is 17.2 Å². The van der Waals surface area contributed by atoms with Crippen LogP contribution in [0.15, 0.2) is 22.7 Å². The summed E-state index contributed by atoms with van der Waals surface area (Å²) in [7, 11) is 2.18. The number of hydrogen-bond acceptors (Lipinski definition) is 3. The molecular weight excluding hydrogens is 290 g/mol. The van der Waals surface area contributed by atoms with Crippen molar-refractivity contribution in [3.05, 3.63) is 33.8 Å². The predicted molar refractivity (Wildman–Crippen MR) is 79.7 cm³/mol. The van der Waals surface area contributed by atoms with Crippen molar-refractivity contribution < 1.29 is 0 Å². The summed E-state index contributed by atoms with van der Waals surface area (Å²) in [5, 5.41) is 0. The van der Waals surface area contributed by atoms with Crippen molar-refractivity contribution in [2.24, 2.45) is 5.73 Å². The minimum absolute atomic E-state index is 0.343. The molecule has 2 rings (SSSR count). The van der Waals surface area contributed by atoms with Gasteiger partial charge in [-0.1, -0.05) is 28.1 Å². The molecule has 18 heavy (non-hydrogen) atoms. The molecule has 3 nitrogen and oxygen atoms in total. The summed E-state index contributed by atoms with van der Waals surface area (Å²) in [6.07, 6.45) is 0. The molecule has 0 aliphatic carbocycles. The van der Waals surface area contributed by atoms with Crippen LogP contribution in [-0.4, -0.2) is 49.6 Å². The molecule has 1 aromatic carbocycles. The van der Waals surface area contributed by atoms with E-state index in [1.807, 2.05) is 0 Å². The first-order chi connectivity index (χ1) is 8.61. The van der Waals surface area contributed by atoms with Crippen LogP contribution in [0.2, 0.25) is 0 Å². The molecule has 1 aliphatic heterocycles. The molecule has 0 aromatic heterocycles. The highest BCUT2D eigenvalue weighted by Crippen LogP contribution is 2.25. The van der Waals surface area contributed by atoms with Crippen molar-refractivity contribution in [1.82, 2.24) is 9.80 Å². The molecule has 1 aliphatic rings. The van der Waals surface area contributed by atoms with Crippen LogP contribution in [0.4, 0.5) is 0 Å². The number of rotatable bonds is 3. The molecular formula is C14H22BrN3. The molecule has 0 spiro atoms. The Morgan fingerprint density at radius 2 is 1.94 bits per heavy atom. The summed E-state index contributed by atoms with van der Waals surface area (Å²) < 4.78 is 1.17. The molecule has 4 heteroatoms. The van der Waals surface area contributed by atoms with Crippen LogP contribution in [0.25, 0.3) is 0 Å². The van der Waals surface area contributed by atoms with Gasteiger partial charge in [-0.15, -0.1) is 0 Å². The van der Waals surface area contributed by atoms with Gasteiger partial charge in [0, 0.05) is 43.2 Å². The molecule has 1 atom stereocenters. The maximum absolute atomic E-state index is 5.99. The van der Waals surface area contributed by atoms with Gasteiger partial charge in [-0.05, 0) is 31.2 Å². The van der Waals surface area contributed by atoms with Crippen LogP contribution >= 0.6 is 15.9 Å². The second-order valence-electron chi connectivity index (χ2n) is 5.10. The average Bonchev–Trinajstić information content (AvgIpc) is 2.37. The second kappa shape index (κ2) is 6.15. The van der Waals surface area contributed by atoms with Crippen molar-refractivity contribution in [3.8, 4) is 0 Å². The summed E-state index contributed by atoms with van der Waals surface area (Å²) in [4.78, 5) is 4.87. The van der Waals surface area contributed by atoms with Crippen LogP contribution < -0.4 is 5.73 Å². The lowest BCUT2D eigenvalue weighted by atomic mass is 10.0. The van der Waals surface area contributed by atoms with Gasteiger partial charge in [0.05, 0.1) is 0 Å². The van der Waals surface area contributed by atoms with Crippen molar-refractivity contribution in [3.63, 3.8) is 0 Å². The summed E-state index contributed by atoms with van der Waals surface area (Å²) in [5.74, 6) is 0. The van der Waals surface area contributed by atoms with E-state index in [1.54, 1.807) is 0 Å². The largest absolute Gasteiger partial charge is 0.329 e. The van der Waals surface area contributed by atoms with Crippen LogP contribution in [0, 0.1) is 6.92 Å². The summed E-state index contributed by atoms with van der Waals surface area (Å²) in [6, 6.07) is 6.93. The average molecular weight is 312 g/mol. The molecule has 1 unspecified atom stereocenters. The molecule has 0 amide bonds. The fourth-order valence-electron chi connectivity index (χ4n) is 2.45. The SMILES string of the molecule is Cc1ccc(C(CN)N2CCN(C)CC2)cc1Br. The van der Waals surface area contributed by atoms with Gasteiger partial charge < -0.3 is 10.6 Å². The Hall–Kier alpha value is -0.420. The molecule has 0 radical (unpaired) electrons. The van der Waals surface area contributed by atoms with Gasteiger partial charge in [-0.25, -0.2) is 0 Å². The molecule has 1 aromatic rings. The third kappa shape index (κ3) is 3.12. The number of likely N-dealkylation sites (N-methyl/N-ethyl adjacent to an activating group) is 1. The zero-order valence-electron chi connectivity index (χ0n) is 11.2. The van der Waals surface area contributed by atoms with E-state index in [-0.39, 0.29) is 0 Å². The molecule has 100 valence electrons. The first-order valence-corrected chi connectivity index (χ1v) is 7.30. The van der Waals surface area contributed by atoms with Crippen molar-refractivity contribution in [2.75, 3.05) is 39.8 Å². The first-order valence-electron chi connectivity index (χ1n) is 6.50. The Morgan fingerprint density at radius 1 is 1.28 bits per heavy atom. The van der Waals surface area contributed by atoms with E-state index in [1.165, 1.54) is 15.6 Å². The predicted octanol–water partition coefficient (Wildman–Crippen LogP) is 2.00. The van der Waals surface area contributed by atoms with E-state index in [0.717, 1.165) is 26.2 Å². The standard InChI is InChI=1S/C14H22BrN3/c1-11-3-4-12(9-13(11)15)14(10-16)18-7-5-17(2)6-8-18/h3-4,9,14H,5-8,10,16H2,1-2H3. The number of nitrogens with two attached hydrogens (primary N) is 1. The Labute approximate surface area is 118 Å². The maximum Gasteiger partial charge on any atom is 0.0471 e. The fraction of sp³-hybridized carbons (Fsp3) is 0.571. The van der Waals surface area contributed by atoms with Gasteiger partial charge >= 0.3 is 0 Å². The quantitative estimate of drug-likeness (QED) is 0.927. The zero-order chi connectivity index (χ0) is 13.1. The molecule has 0 bridgehead atoms. The molecule has 1 heterocycles. The van der Waals surface area contributed by atoms with Crippen molar-refractivity contribution in [1.29, 1.82) is 0 Å². The van der Waals surface area contributed by atoms with Crippen molar-refractivity contribution >= 4 is 15.9 Å². The number of nitrogens with zero attached hydrogens (tertiary/aromatic N) is 2. The highest BCUT2D eigenvalue weighted by atomic mass is 79.9. The smallest absolute Gasteiger partial charge is 0.0471 e. The summed E-state index contributed by atoms with van der Waals surface area (Å²) in [5.41, 5.74) is 8.58. The molecule has 1 fully saturated rings. The van der Waals surface area contributed by atoms with E-state index in [9.17, 15) is 0 Å². The van der Waals surface area contributed by atoms with Gasteiger partial charge in [0.2, 0.25) is 0 Å². The molecule has 1 saturated heterocycles. The highest BCUT2D eigenvalue weighted by Gasteiger charge is 2.22. The van der Waals surface area contributed by atoms with E-state index in [2.05, 4.69) is 57.9 Å². The Morgan fingerprint density at radius 3 is 2.50 bits per heavy atom. The van der Waals surface area contributed by atoms with Crippen molar-refractivity contribution in [2.45, 2.75) is 13.0 Å². The third-order valence-corrected chi connectivity index (χ3v) is 4.64. The molecule has 0 saturated carbocycles. The van der Waals surface area contributed by atoms with E-state index >= 15 is 0 Å². The highest BCUT2D eigenvalue weighted by molar-refractivity contribution is 9.10. The van der Waals surface area contributed by atoms with Crippen LogP contribution in [-0.2, 0) is 0 Å². The van der Waals surface area contributed by atoms with Gasteiger partial charge in [0.25, 0.3) is 0 Å². The van der Waals surface area contributed by atoms with Crippen LogP contribution in [0.5, 0.6) is 0 Å². The Kier molecular flexibility index (Phi) is 4.78. The lowest BCUT2D eigenvalue weighted by molar-refractivity contribution is 0.114. The Bertz CT molecular complexity index is 400. The normalized spacial score (nSPS) is 20.0. The van der Waals surface area contributed by atoms with Gasteiger partial charge in [-0.3, -0.25) is 4.90 Å². The van der Waals surface area contributed by atoms with E-state index < -0.39 is 0 Å². The van der Waals surface area contributed by atoms with Crippen LogP contribution in [0.3, 0.4) is 0 Å². The van der Waals surface area contributed by atoms with Gasteiger partial charge in [-0.2, -0.15) is 0 Å². The summed E-state index contributed by atoms with van der Waals surface area (Å²) in [6.45, 7) is 7.25. The fourth-order valence-corrected chi connectivity index (χ4v) is 2.84. The van der Waals surface area contributed by atoms with E-state index in [0.29, 0.717) is 12.6 Å². The number of halogens is 1. The minimum Gasteiger partial charge on any atom is -0.329 e. The number of aryl methyl sites for hydroxylation is 1. The van der Waals surface area contributed by atoms with Gasteiger partial charge in [0.15, 0.2) is 0 Å². The van der Waals surface area contributed by atoms with E-state index in [4.69, 9.17) is 5.73 Å². The maximum atomic E-state index is 5.99.